The summed E-state index contributed by atoms with van der Waals surface area (Å²) in [4.78, 5) is 3.57. The van der Waals surface area contributed by atoms with Gasteiger partial charge >= 0.3 is 0 Å². The number of hydrogen-bond acceptors (Lipinski definition) is 0. The van der Waals surface area contributed by atoms with Crippen molar-refractivity contribution in [1.82, 2.24) is 0 Å². The van der Waals surface area contributed by atoms with Crippen LogP contribution in [0.1, 0.15) is 45.6 Å². The predicted octanol–water partition coefficient (Wildman–Crippen LogP) is 2.13. The van der Waals surface area contributed by atoms with E-state index in [2.05, 4.69) is 49.2 Å². The lowest BCUT2D eigenvalue weighted by molar-refractivity contribution is -0.489. The molecule has 1 heterocycles. The summed E-state index contributed by atoms with van der Waals surface area (Å²) in [6.45, 7) is 4.49. The van der Waals surface area contributed by atoms with E-state index in [1.807, 2.05) is 0 Å². The van der Waals surface area contributed by atoms with Gasteiger partial charge in [0.25, 0.3) is 0 Å². The lowest BCUT2D eigenvalue weighted by Crippen LogP contribution is -2.75. The van der Waals surface area contributed by atoms with Gasteiger partial charge in [-0.25, -0.2) is 4.99 Å². The second-order valence-electron chi connectivity index (χ2n) is 4.12. The summed E-state index contributed by atoms with van der Waals surface area (Å²) >= 11 is 0. The molecule has 0 saturated carbocycles. The molecule has 82 valence electrons. The van der Waals surface area contributed by atoms with Gasteiger partial charge in [-0.15, -0.1) is 0 Å². The monoisotopic (exact) mass is 204 g/mol. The highest BCUT2D eigenvalue weighted by Gasteiger charge is 2.31. The Hall–Kier alpha value is -1.11. The minimum atomic E-state index is 0. The molecular weight excluding hydrogens is 182 g/mol. The molecule has 1 nitrogen and oxygen atoms in total. The second kappa shape index (κ2) is 5.11. The first-order valence-corrected chi connectivity index (χ1v) is 5.48. The molecule has 0 fully saturated rings. The molecule has 1 N–H and O–H groups in total. The van der Waals surface area contributed by atoms with Crippen LogP contribution in [0.5, 0.6) is 0 Å². The fourth-order valence-corrected chi connectivity index (χ4v) is 2.34. The van der Waals surface area contributed by atoms with Crippen LogP contribution < -0.4 is 4.99 Å². The zero-order valence-corrected chi connectivity index (χ0v) is 8.96. The summed E-state index contributed by atoms with van der Waals surface area (Å²) in [5.41, 5.74) is 2.96. The van der Waals surface area contributed by atoms with Crippen molar-refractivity contribution in [2.75, 3.05) is 0 Å². The Balaban J connectivity index is 0.00000112. The SMILES string of the molecule is C.CCC1=[NH+][C@H](C)C[C@@H]1c1ccccc1. The van der Waals surface area contributed by atoms with Crippen LogP contribution in [0.15, 0.2) is 30.3 Å². The highest BCUT2D eigenvalue weighted by molar-refractivity contribution is 5.86. The van der Waals surface area contributed by atoms with Crippen molar-refractivity contribution in [1.29, 1.82) is 0 Å². The molecule has 2 atom stereocenters. The lowest BCUT2D eigenvalue weighted by atomic mass is 9.90. The highest BCUT2D eigenvalue weighted by atomic mass is 14.8. The number of rotatable bonds is 2. The van der Waals surface area contributed by atoms with E-state index in [0.717, 1.165) is 6.42 Å². The van der Waals surface area contributed by atoms with E-state index < -0.39 is 0 Å². The molecule has 0 bridgehead atoms. The Morgan fingerprint density at radius 2 is 1.93 bits per heavy atom. The van der Waals surface area contributed by atoms with Crippen LogP contribution in [0.25, 0.3) is 0 Å². The van der Waals surface area contributed by atoms with Crippen molar-refractivity contribution in [3.63, 3.8) is 0 Å². The molecule has 0 aliphatic carbocycles. The van der Waals surface area contributed by atoms with Gasteiger partial charge in [-0.1, -0.05) is 44.7 Å². The molecule has 0 unspecified atom stereocenters. The van der Waals surface area contributed by atoms with Gasteiger partial charge in [0.15, 0.2) is 5.71 Å². The fraction of sp³-hybridized carbons (Fsp3) is 0.500. The van der Waals surface area contributed by atoms with Gasteiger partial charge in [0.1, 0.15) is 6.04 Å². The first kappa shape index (κ1) is 12.0. The summed E-state index contributed by atoms with van der Waals surface area (Å²) in [6, 6.07) is 11.5. The summed E-state index contributed by atoms with van der Waals surface area (Å²) in [5, 5.41) is 0. The molecule has 1 aliphatic heterocycles. The number of nitrogens with one attached hydrogen (secondary N) is 1. The minimum Gasteiger partial charge on any atom is -0.246 e. The van der Waals surface area contributed by atoms with Crippen LogP contribution >= 0.6 is 0 Å². The predicted molar refractivity (Wildman–Crippen MR) is 66.3 cm³/mol. The molecular formula is C14H22N+. The standard InChI is InChI=1S/C13H17N.CH4/c1-3-13-12(9-10(2)14-13)11-7-5-4-6-8-11;/h4-8,10,12H,3,9H2,1-2H3;1H4/p+1/t10-,12-;/m1./s1. The smallest absolute Gasteiger partial charge is 0.158 e. The van der Waals surface area contributed by atoms with E-state index in [0.29, 0.717) is 12.0 Å². The summed E-state index contributed by atoms with van der Waals surface area (Å²) in [7, 11) is 0. The third kappa shape index (κ3) is 2.47. The molecule has 1 aliphatic rings. The van der Waals surface area contributed by atoms with Crippen LogP contribution in [0.2, 0.25) is 0 Å². The van der Waals surface area contributed by atoms with Gasteiger partial charge in [0, 0.05) is 12.8 Å². The van der Waals surface area contributed by atoms with Gasteiger partial charge in [-0.05, 0) is 12.5 Å². The van der Waals surface area contributed by atoms with E-state index in [1.165, 1.54) is 17.7 Å². The zero-order valence-electron chi connectivity index (χ0n) is 8.96. The summed E-state index contributed by atoms with van der Waals surface area (Å²) in [6.07, 6.45) is 2.39. The van der Waals surface area contributed by atoms with Crippen molar-refractivity contribution >= 4 is 5.71 Å². The van der Waals surface area contributed by atoms with Crippen LogP contribution in [-0.4, -0.2) is 11.8 Å². The average Bonchev–Trinajstić information content (AvgIpc) is 2.61. The molecule has 0 spiro atoms. The van der Waals surface area contributed by atoms with Gasteiger partial charge in [0.2, 0.25) is 0 Å². The molecule has 1 aromatic rings. The van der Waals surface area contributed by atoms with Gasteiger partial charge in [0.05, 0.1) is 5.92 Å². The van der Waals surface area contributed by atoms with E-state index in [9.17, 15) is 0 Å². The molecule has 1 aromatic carbocycles. The average molecular weight is 204 g/mol. The van der Waals surface area contributed by atoms with Crippen LogP contribution in [0.3, 0.4) is 0 Å². The molecule has 0 radical (unpaired) electrons. The van der Waals surface area contributed by atoms with E-state index in [-0.39, 0.29) is 7.43 Å². The maximum Gasteiger partial charge on any atom is 0.158 e. The van der Waals surface area contributed by atoms with Crippen molar-refractivity contribution in [3.8, 4) is 0 Å². The summed E-state index contributed by atoms with van der Waals surface area (Å²) in [5.74, 6) is 0.635. The molecule has 1 heteroatoms. The van der Waals surface area contributed by atoms with Crippen molar-refractivity contribution in [2.45, 2.75) is 46.1 Å². The lowest BCUT2D eigenvalue weighted by Gasteiger charge is -2.07. The van der Waals surface area contributed by atoms with Gasteiger partial charge < -0.3 is 0 Å². The van der Waals surface area contributed by atoms with Gasteiger partial charge in [-0.2, -0.15) is 0 Å². The molecule has 15 heavy (non-hydrogen) atoms. The zero-order chi connectivity index (χ0) is 9.97. The minimum absolute atomic E-state index is 0. The third-order valence-electron chi connectivity index (χ3n) is 3.02. The second-order valence-corrected chi connectivity index (χ2v) is 4.12. The Kier molecular flexibility index (Phi) is 4.07. The first-order valence-electron chi connectivity index (χ1n) is 5.48. The molecule has 2 rings (SSSR count). The fourth-order valence-electron chi connectivity index (χ4n) is 2.34. The Morgan fingerprint density at radius 3 is 2.53 bits per heavy atom. The van der Waals surface area contributed by atoms with Crippen molar-refractivity contribution in [2.24, 2.45) is 0 Å². The summed E-state index contributed by atoms with van der Waals surface area (Å²) < 4.78 is 0. The highest BCUT2D eigenvalue weighted by Crippen LogP contribution is 2.24. The first-order chi connectivity index (χ1) is 6.81. The van der Waals surface area contributed by atoms with Crippen molar-refractivity contribution < 1.29 is 4.99 Å². The molecule has 0 saturated heterocycles. The molecule has 0 aromatic heterocycles. The Bertz CT molecular complexity index is 326. The molecule has 0 amide bonds. The van der Waals surface area contributed by atoms with E-state index >= 15 is 0 Å². The largest absolute Gasteiger partial charge is 0.246 e. The van der Waals surface area contributed by atoms with Crippen LogP contribution in [0.4, 0.5) is 0 Å². The Labute approximate surface area is 93.2 Å². The third-order valence-corrected chi connectivity index (χ3v) is 3.02. The number of hydrogen-bond donors (Lipinski definition) is 1. The maximum atomic E-state index is 3.57. The topological polar surface area (TPSA) is 14.0 Å². The van der Waals surface area contributed by atoms with Crippen LogP contribution in [0, 0.1) is 0 Å². The quantitative estimate of drug-likeness (QED) is 0.758. The maximum absolute atomic E-state index is 3.57. The van der Waals surface area contributed by atoms with E-state index in [1.54, 1.807) is 0 Å². The Morgan fingerprint density at radius 1 is 1.27 bits per heavy atom. The number of benzene rings is 1. The van der Waals surface area contributed by atoms with Crippen molar-refractivity contribution in [3.05, 3.63) is 35.9 Å². The van der Waals surface area contributed by atoms with E-state index in [4.69, 9.17) is 0 Å². The normalized spacial score (nSPS) is 24.5. The van der Waals surface area contributed by atoms with Crippen LogP contribution in [-0.2, 0) is 0 Å². The van der Waals surface area contributed by atoms with Gasteiger partial charge in [-0.3, -0.25) is 0 Å².